The molecule has 2 aliphatic rings. The first-order chi connectivity index (χ1) is 15.2. The van der Waals surface area contributed by atoms with Gasteiger partial charge in [0, 0.05) is 24.5 Å². The summed E-state index contributed by atoms with van der Waals surface area (Å²) < 4.78 is 41.8. The fourth-order valence-corrected chi connectivity index (χ4v) is 5.25. The number of hydrogen-bond donors (Lipinski definition) is 2. The van der Waals surface area contributed by atoms with E-state index in [1.165, 1.54) is 6.07 Å². The lowest BCUT2D eigenvalue weighted by molar-refractivity contribution is -0.161. The minimum Gasteiger partial charge on any atom is -0.598 e. The smallest absolute Gasteiger partial charge is 0.254 e. The fourth-order valence-electron chi connectivity index (χ4n) is 4.19. The van der Waals surface area contributed by atoms with Gasteiger partial charge in [-0.2, -0.15) is 0 Å². The van der Waals surface area contributed by atoms with Gasteiger partial charge in [-0.25, -0.2) is 4.39 Å². The second kappa shape index (κ2) is 9.87. The number of rotatable bonds is 5. The molecule has 0 spiro atoms. The van der Waals surface area contributed by atoms with Crippen LogP contribution in [0.3, 0.4) is 0 Å². The lowest BCUT2D eigenvalue weighted by atomic mass is 9.85. The molecule has 0 saturated carbocycles. The number of carbonyl (C=O) groups is 1. The van der Waals surface area contributed by atoms with Gasteiger partial charge in [-0.3, -0.25) is 4.79 Å². The van der Waals surface area contributed by atoms with Crippen molar-refractivity contribution in [2.75, 3.05) is 19.7 Å². The maximum absolute atomic E-state index is 15.2. The molecule has 0 bridgehead atoms. The Bertz CT molecular complexity index is 887. The summed E-state index contributed by atoms with van der Waals surface area (Å²) in [5, 5.41) is 10.5. The number of benzene rings is 1. The number of carbonyl (C=O) groups excluding carboxylic acids is 1. The molecule has 2 fully saturated rings. The van der Waals surface area contributed by atoms with Crippen LogP contribution >= 0.6 is 11.6 Å². The lowest BCUT2D eigenvalue weighted by Crippen LogP contribution is -2.48. The Morgan fingerprint density at radius 1 is 1.39 bits per heavy atom. The molecule has 1 aromatic carbocycles. The maximum Gasteiger partial charge on any atom is 0.254 e. The molecular weight excluding hydrogens is 471 g/mol. The summed E-state index contributed by atoms with van der Waals surface area (Å²) in [4.78, 5) is 14.6. The SMILES string of the molecule is Cc1cc(O)c(C(N[S+]([O-])C(C)(C)C)C2CCN(C(=O)[C@H]3COC(C)(C)O3)CC2)c(F)c1Cl. The molecule has 0 radical (unpaired) electrons. The van der Waals surface area contributed by atoms with Crippen molar-refractivity contribution in [1.82, 2.24) is 9.62 Å². The van der Waals surface area contributed by atoms with Gasteiger partial charge in [-0.05, 0) is 71.9 Å². The van der Waals surface area contributed by atoms with Gasteiger partial charge in [0.25, 0.3) is 5.91 Å². The van der Waals surface area contributed by atoms with Crippen molar-refractivity contribution in [3.05, 3.63) is 28.0 Å². The number of phenolic OH excluding ortho intramolecular Hbond substituents is 1. The molecule has 7 nitrogen and oxygen atoms in total. The molecule has 0 aliphatic carbocycles. The van der Waals surface area contributed by atoms with Gasteiger partial charge in [-0.15, -0.1) is 4.72 Å². The average Bonchev–Trinajstić information content (AvgIpc) is 3.10. The van der Waals surface area contributed by atoms with E-state index in [9.17, 15) is 14.5 Å². The monoisotopic (exact) mass is 504 g/mol. The summed E-state index contributed by atoms with van der Waals surface area (Å²) in [6, 6.07) is 0.693. The summed E-state index contributed by atoms with van der Waals surface area (Å²) in [5.41, 5.74) is 0.440. The van der Waals surface area contributed by atoms with E-state index >= 15 is 4.39 Å². The molecule has 1 amide bonds. The Morgan fingerprint density at radius 3 is 2.52 bits per heavy atom. The van der Waals surface area contributed by atoms with Crippen LogP contribution in [0, 0.1) is 18.7 Å². The Kier molecular flexibility index (Phi) is 7.93. The number of aromatic hydroxyl groups is 1. The van der Waals surface area contributed by atoms with Crippen molar-refractivity contribution in [2.45, 2.75) is 77.1 Å². The highest BCUT2D eigenvalue weighted by Gasteiger charge is 2.42. The van der Waals surface area contributed by atoms with E-state index in [1.54, 1.807) is 25.7 Å². The van der Waals surface area contributed by atoms with Crippen LogP contribution in [0.15, 0.2) is 6.07 Å². The third-order valence-electron chi connectivity index (χ3n) is 6.11. The summed E-state index contributed by atoms with van der Waals surface area (Å²) in [5.74, 6) is -2.03. The molecule has 1 aromatic rings. The summed E-state index contributed by atoms with van der Waals surface area (Å²) in [6.45, 7) is 11.7. The Balaban J connectivity index is 1.80. The van der Waals surface area contributed by atoms with Gasteiger partial charge in [0.1, 0.15) is 10.5 Å². The van der Waals surface area contributed by atoms with Crippen molar-refractivity contribution in [3.8, 4) is 5.75 Å². The first kappa shape index (κ1) is 26.5. The molecule has 3 atom stereocenters. The zero-order valence-electron chi connectivity index (χ0n) is 20.0. The Labute approximate surface area is 203 Å². The number of hydrogen-bond acceptors (Lipinski definition) is 6. The summed E-state index contributed by atoms with van der Waals surface area (Å²) in [7, 11) is 0. The fraction of sp³-hybridized carbons (Fsp3) is 0.696. The molecular formula is C23H34ClFN2O5S. The predicted molar refractivity (Wildman–Crippen MR) is 126 cm³/mol. The zero-order chi connectivity index (χ0) is 24.7. The van der Waals surface area contributed by atoms with Crippen molar-refractivity contribution in [1.29, 1.82) is 0 Å². The molecule has 2 heterocycles. The second-order valence-electron chi connectivity index (χ2n) is 10.2. The molecule has 2 aliphatic heterocycles. The van der Waals surface area contributed by atoms with E-state index in [2.05, 4.69) is 4.72 Å². The quantitative estimate of drug-likeness (QED) is 0.589. The summed E-state index contributed by atoms with van der Waals surface area (Å²) >= 11 is 4.64. The predicted octanol–water partition coefficient (Wildman–Crippen LogP) is 3.98. The van der Waals surface area contributed by atoms with Crippen LogP contribution in [0.4, 0.5) is 4.39 Å². The van der Waals surface area contributed by atoms with Gasteiger partial charge < -0.3 is 24.0 Å². The standard InChI is InChI=1S/C23H34ClFN2O5S/c1-13-11-15(28)17(19(25)18(13)24)20(26-33(30)22(2,3)4)14-7-9-27(10-8-14)21(29)16-12-31-23(5,6)32-16/h11,14,16,20,26,28H,7-10,12H2,1-6H3/t16-,20?,33?/m1/s1. The highest BCUT2D eigenvalue weighted by atomic mass is 35.5. The summed E-state index contributed by atoms with van der Waals surface area (Å²) in [6.07, 6.45) is 0.425. The minimum atomic E-state index is -1.51. The van der Waals surface area contributed by atoms with Crippen molar-refractivity contribution < 1.29 is 28.3 Å². The van der Waals surface area contributed by atoms with Gasteiger partial charge in [0.2, 0.25) is 0 Å². The number of piperidine rings is 1. The molecule has 2 saturated heterocycles. The number of nitrogens with one attached hydrogen (secondary N) is 1. The van der Waals surface area contributed by atoms with Gasteiger partial charge in [0.15, 0.2) is 17.7 Å². The van der Waals surface area contributed by atoms with Crippen LogP contribution in [0.5, 0.6) is 5.75 Å². The number of amides is 1. The zero-order valence-corrected chi connectivity index (χ0v) is 21.6. The van der Waals surface area contributed by atoms with Crippen LogP contribution in [-0.4, -0.2) is 56.8 Å². The first-order valence-corrected chi connectivity index (χ1v) is 12.7. The normalized spacial score (nSPS) is 23.5. The average molecular weight is 505 g/mol. The topological polar surface area (TPSA) is 94.1 Å². The molecule has 2 N–H and O–H groups in total. The third kappa shape index (κ3) is 5.94. The van der Waals surface area contributed by atoms with Gasteiger partial charge >= 0.3 is 0 Å². The van der Waals surface area contributed by atoms with Gasteiger partial charge in [0.05, 0.1) is 23.2 Å². The molecule has 10 heteroatoms. The molecule has 33 heavy (non-hydrogen) atoms. The van der Waals surface area contributed by atoms with E-state index < -0.39 is 39.9 Å². The number of halogens is 2. The first-order valence-electron chi connectivity index (χ1n) is 11.2. The van der Waals surface area contributed by atoms with Crippen LogP contribution in [0.1, 0.15) is 64.6 Å². The van der Waals surface area contributed by atoms with E-state index in [-0.39, 0.29) is 34.8 Å². The van der Waals surface area contributed by atoms with E-state index in [0.29, 0.717) is 31.5 Å². The molecule has 2 unspecified atom stereocenters. The van der Waals surface area contributed by atoms with Crippen molar-refractivity contribution in [2.24, 2.45) is 5.92 Å². The number of aryl methyl sites for hydroxylation is 1. The number of nitrogens with zero attached hydrogens (tertiary/aromatic N) is 1. The Morgan fingerprint density at radius 2 is 2.00 bits per heavy atom. The number of ether oxygens (including phenoxy) is 2. The second-order valence-corrected chi connectivity index (χ2v) is 12.6. The highest BCUT2D eigenvalue weighted by molar-refractivity contribution is 7.90. The van der Waals surface area contributed by atoms with E-state index in [4.69, 9.17) is 21.1 Å². The third-order valence-corrected chi connectivity index (χ3v) is 8.16. The lowest BCUT2D eigenvalue weighted by Gasteiger charge is -2.38. The highest BCUT2D eigenvalue weighted by Crippen LogP contribution is 2.41. The maximum atomic E-state index is 15.2. The van der Waals surface area contributed by atoms with Crippen LogP contribution in [0.25, 0.3) is 0 Å². The Hall–Kier alpha value is -1.10. The van der Waals surface area contributed by atoms with Crippen LogP contribution in [-0.2, 0) is 25.6 Å². The number of phenols is 1. The molecule has 3 rings (SSSR count). The van der Waals surface area contributed by atoms with Crippen molar-refractivity contribution in [3.63, 3.8) is 0 Å². The van der Waals surface area contributed by atoms with Gasteiger partial charge in [-0.1, -0.05) is 11.6 Å². The van der Waals surface area contributed by atoms with Crippen molar-refractivity contribution >= 4 is 28.9 Å². The largest absolute Gasteiger partial charge is 0.598 e. The number of likely N-dealkylation sites (tertiary alicyclic amines) is 1. The van der Waals surface area contributed by atoms with E-state index in [1.807, 2.05) is 20.8 Å². The van der Waals surface area contributed by atoms with Crippen LogP contribution in [0.2, 0.25) is 5.02 Å². The van der Waals surface area contributed by atoms with Crippen LogP contribution < -0.4 is 4.72 Å². The minimum absolute atomic E-state index is 0.0160. The molecule has 0 aromatic heterocycles. The van der Waals surface area contributed by atoms with E-state index in [0.717, 1.165) is 0 Å². The molecule has 186 valence electrons.